The van der Waals surface area contributed by atoms with Gasteiger partial charge in [-0.1, -0.05) is 41.9 Å². The topological polar surface area (TPSA) is 40.5 Å². The molecule has 4 heteroatoms. The minimum atomic E-state index is -0.814. The van der Waals surface area contributed by atoms with E-state index in [1.165, 1.54) is 5.56 Å². The van der Waals surface area contributed by atoms with Crippen LogP contribution in [0.1, 0.15) is 37.4 Å². The normalized spacial score (nSPS) is 18.9. The third-order valence-corrected chi connectivity index (χ3v) is 4.18. The first-order chi connectivity index (χ1) is 8.50. The maximum absolute atomic E-state index is 11.4. The maximum atomic E-state index is 11.4. The molecule has 1 heterocycles. The van der Waals surface area contributed by atoms with Gasteiger partial charge in [-0.25, -0.2) is 4.79 Å². The summed E-state index contributed by atoms with van der Waals surface area (Å²) < 4.78 is 1.10. The van der Waals surface area contributed by atoms with Crippen LogP contribution in [-0.4, -0.2) is 22.6 Å². The van der Waals surface area contributed by atoms with Gasteiger partial charge in [0.2, 0.25) is 0 Å². The van der Waals surface area contributed by atoms with Crippen molar-refractivity contribution in [2.24, 2.45) is 5.92 Å². The predicted octanol–water partition coefficient (Wildman–Crippen LogP) is 4.07. The molecule has 2 rings (SSSR count). The Morgan fingerprint density at radius 1 is 1.56 bits per heavy atom. The number of halogens is 1. The molecule has 0 aliphatic carbocycles. The first-order valence-electron chi connectivity index (χ1n) is 6.27. The Balaban J connectivity index is 2.42. The first-order valence-corrected chi connectivity index (χ1v) is 7.07. The molecule has 1 atom stereocenters. The maximum Gasteiger partial charge on any atom is 0.407 e. The summed E-state index contributed by atoms with van der Waals surface area (Å²) in [7, 11) is 0. The summed E-state index contributed by atoms with van der Waals surface area (Å²) in [5, 5.41) is 9.33. The largest absolute Gasteiger partial charge is 0.465 e. The number of amides is 1. The third-order valence-electron chi connectivity index (χ3n) is 3.43. The van der Waals surface area contributed by atoms with E-state index in [0.29, 0.717) is 12.5 Å². The average Bonchev–Trinajstić information content (AvgIpc) is 2.29. The molecule has 3 nitrogen and oxygen atoms in total. The molecule has 0 bridgehead atoms. The molecule has 0 saturated heterocycles. The van der Waals surface area contributed by atoms with Crippen LogP contribution in [0.3, 0.4) is 0 Å². The van der Waals surface area contributed by atoms with Gasteiger partial charge in [0.1, 0.15) is 0 Å². The van der Waals surface area contributed by atoms with Gasteiger partial charge in [0, 0.05) is 11.0 Å². The molecule has 1 unspecified atom stereocenters. The van der Waals surface area contributed by atoms with E-state index in [9.17, 15) is 9.90 Å². The number of benzene rings is 1. The highest BCUT2D eigenvalue weighted by molar-refractivity contribution is 9.10. The van der Waals surface area contributed by atoms with Crippen LogP contribution in [0.2, 0.25) is 0 Å². The fraction of sp³-hybridized carbons (Fsp3) is 0.500. The Morgan fingerprint density at radius 2 is 2.28 bits per heavy atom. The van der Waals surface area contributed by atoms with Crippen LogP contribution < -0.4 is 0 Å². The zero-order valence-electron chi connectivity index (χ0n) is 10.7. The zero-order valence-corrected chi connectivity index (χ0v) is 12.3. The second-order valence-electron chi connectivity index (χ2n) is 5.18. The Labute approximate surface area is 116 Å². The minimum Gasteiger partial charge on any atom is -0.465 e. The lowest BCUT2D eigenvalue weighted by molar-refractivity contribution is 0.113. The van der Waals surface area contributed by atoms with E-state index in [-0.39, 0.29) is 6.04 Å². The number of rotatable bonds is 2. The summed E-state index contributed by atoms with van der Waals surface area (Å²) >= 11 is 3.57. The van der Waals surface area contributed by atoms with Gasteiger partial charge in [0.15, 0.2) is 0 Å². The number of carbonyl (C=O) groups is 1. The van der Waals surface area contributed by atoms with Gasteiger partial charge in [0.05, 0.1) is 6.04 Å². The van der Waals surface area contributed by atoms with Crippen molar-refractivity contribution in [2.75, 3.05) is 6.54 Å². The molecule has 1 aromatic rings. The summed E-state index contributed by atoms with van der Waals surface area (Å²) in [6.45, 7) is 4.85. The molecule has 1 amide bonds. The Morgan fingerprint density at radius 3 is 2.89 bits per heavy atom. The lowest BCUT2D eigenvalue weighted by atomic mass is 9.88. The quantitative estimate of drug-likeness (QED) is 0.894. The van der Waals surface area contributed by atoms with E-state index in [0.717, 1.165) is 22.9 Å². The van der Waals surface area contributed by atoms with Gasteiger partial charge in [0.25, 0.3) is 0 Å². The van der Waals surface area contributed by atoms with Gasteiger partial charge in [-0.2, -0.15) is 0 Å². The van der Waals surface area contributed by atoms with Gasteiger partial charge < -0.3 is 10.0 Å². The summed E-state index contributed by atoms with van der Waals surface area (Å²) in [6.07, 6.45) is 0.846. The van der Waals surface area contributed by atoms with E-state index in [2.05, 4.69) is 35.8 Å². The van der Waals surface area contributed by atoms with Crippen molar-refractivity contribution in [3.8, 4) is 0 Å². The van der Waals surface area contributed by atoms with Crippen molar-refractivity contribution in [2.45, 2.75) is 32.7 Å². The van der Waals surface area contributed by atoms with Crippen LogP contribution in [0.25, 0.3) is 0 Å². The SMILES string of the molecule is CC(C)CC1c2cccc(Br)c2CCN1C(=O)O. The zero-order chi connectivity index (χ0) is 13.3. The van der Waals surface area contributed by atoms with Crippen LogP contribution in [0, 0.1) is 5.92 Å². The molecule has 0 aromatic heterocycles. The molecular formula is C14H18BrNO2. The van der Waals surface area contributed by atoms with E-state index in [1.807, 2.05) is 12.1 Å². The van der Waals surface area contributed by atoms with Crippen LogP contribution >= 0.6 is 15.9 Å². The van der Waals surface area contributed by atoms with Gasteiger partial charge in [-0.05, 0) is 36.0 Å². The number of carboxylic acid groups (broad SMARTS) is 1. The van der Waals surface area contributed by atoms with Crippen LogP contribution in [0.15, 0.2) is 22.7 Å². The average molecular weight is 312 g/mol. The van der Waals surface area contributed by atoms with Crippen LogP contribution in [0.5, 0.6) is 0 Å². The van der Waals surface area contributed by atoms with Crippen molar-refractivity contribution in [3.05, 3.63) is 33.8 Å². The molecule has 1 N–H and O–H groups in total. The molecule has 0 spiro atoms. The van der Waals surface area contributed by atoms with Crippen molar-refractivity contribution in [3.63, 3.8) is 0 Å². The minimum absolute atomic E-state index is 0.0104. The monoisotopic (exact) mass is 311 g/mol. The Bertz CT molecular complexity index is 459. The molecule has 98 valence electrons. The van der Waals surface area contributed by atoms with E-state index < -0.39 is 6.09 Å². The lowest BCUT2D eigenvalue weighted by Gasteiger charge is -2.36. The van der Waals surface area contributed by atoms with E-state index in [4.69, 9.17) is 0 Å². The lowest BCUT2D eigenvalue weighted by Crippen LogP contribution is -2.39. The molecular weight excluding hydrogens is 294 g/mol. The molecule has 1 aliphatic rings. The summed E-state index contributed by atoms with van der Waals surface area (Å²) in [5.41, 5.74) is 2.42. The van der Waals surface area contributed by atoms with Gasteiger partial charge in [-0.15, -0.1) is 0 Å². The number of fused-ring (bicyclic) bond motifs is 1. The second-order valence-corrected chi connectivity index (χ2v) is 6.03. The molecule has 1 aromatic carbocycles. The second kappa shape index (κ2) is 5.31. The highest BCUT2D eigenvalue weighted by atomic mass is 79.9. The summed E-state index contributed by atoms with van der Waals surface area (Å²) in [5.74, 6) is 0.474. The Kier molecular flexibility index (Phi) is 3.95. The van der Waals surface area contributed by atoms with Crippen molar-refractivity contribution >= 4 is 22.0 Å². The molecule has 0 saturated carbocycles. The van der Waals surface area contributed by atoms with Crippen molar-refractivity contribution < 1.29 is 9.90 Å². The summed E-state index contributed by atoms with van der Waals surface area (Å²) in [6, 6.07) is 6.06. The Hall–Kier alpha value is -1.03. The van der Waals surface area contributed by atoms with Crippen LogP contribution in [0.4, 0.5) is 4.79 Å². The highest BCUT2D eigenvalue weighted by Crippen LogP contribution is 2.37. The predicted molar refractivity (Wildman–Crippen MR) is 74.8 cm³/mol. The third kappa shape index (κ3) is 2.53. The molecule has 0 radical (unpaired) electrons. The highest BCUT2D eigenvalue weighted by Gasteiger charge is 2.31. The van der Waals surface area contributed by atoms with Crippen molar-refractivity contribution in [1.29, 1.82) is 0 Å². The van der Waals surface area contributed by atoms with Crippen LogP contribution in [-0.2, 0) is 6.42 Å². The van der Waals surface area contributed by atoms with E-state index >= 15 is 0 Å². The van der Waals surface area contributed by atoms with Crippen molar-refractivity contribution in [1.82, 2.24) is 4.90 Å². The van der Waals surface area contributed by atoms with E-state index in [1.54, 1.807) is 4.90 Å². The van der Waals surface area contributed by atoms with Gasteiger partial charge in [-0.3, -0.25) is 0 Å². The smallest absolute Gasteiger partial charge is 0.407 e. The molecule has 0 fully saturated rings. The molecule has 18 heavy (non-hydrogen) atoms. The number of hydrogen-bond acceptors (Lipinski definition) is 1. The fourth-order valence-corrected chi connectivity index (χ4v) is 3.22. The standard InChI is InChI=1S/C14H18BrNO2/c1-9(2)8-13-11-4-3-5-12(15)10(11)6-7-16(13)14(17)18/h3-5,9,13H,6-8H2,1-2H3,(H,17,18). The summed E-state index contributed by atoms with van der Waals surface area (Å²) in [4.78, 5) is 12.9. The van der Waals surface area contributed by atoms with Gasteiger partial charge >= 0.3 is 6.09 Å². The molecule has 1 aliphatic heterocycles. The number of nitrogens with zero attached hydrogens (tertiary/aromatic N) is 1. The fourth-order valence-electron chi connectivity index (χ4n) is 2.64. The first kappa shape index (κ1) is 13.4. The number of hydrogen-bond donors (Lipinski definition) is 1.